The van der Waals surface area contributed by atoms with Gasteiger partial charge in [-0.15, -0.1) is 11.3 Å². The van der Waals surface area contributed by atoms with Crippen LogP contribution in [0.1, 0.15) is 41.2 Å². The lowest BCUT2D eigenvalue weighted by Gasteiger charge is -2.12. The highest BCUT2D eigenvalue weighted by molar-refractivity contribution is 7.99. The van der Waals surface area contributed by atoms with Crippen LogP contribution in [0.3, 0.4) is 0 Å². The second kappa shape index (κ2) is 9.87. The van der Waals surface area contributed by atoms with Gasteiger partial charge in [0.15, 0.2) is 0 Å². The molecule has 3 nitrogen and oxygen atoms in total. The third-order valence-electron chi connectivity index (χ3n) is 2.55. The molecule has 0 bridgehead atoms. The number of aliphatic hydroxyl groups excluding tert-OH is 1. The molecular formula is C15H21NO2S2. The smallest absolute Gasteiger partial charge is 0.261 e. The van der Waals surface area contributed by atoms with Crippen LogP contribution in [0.2, 0.25) is 0 Å². The maximum atomic E-state index is 12.0. The summed E-state index contributed by atoms with van der Waals surface area (Å²) in [6.07, 6.45) is 1.45. The standard InChI is InChI=1S/C15H21NO2S2/c1-3-19-11-9-12(2)16-15(18)14-8-7-13(20-14)6-4-5-10-17/h7-8,12,17H,3,5,9-11H2,1-2H3,(H,16,18). The normalized spacial score (nSPS) is 11.6. The first kappa shape index (κ1) is 17.1. The Balaban J connectivity index is 2.46. The molecule has 0 aliphatic carbocycles. The molecule has 1 unspecified atom stereocenters. The molecule has 1 atom stereocenters. The van der Waals surface area contributed by atoms with Gasteiger partial charge in [-0.25, -0.2) is 0 Å². The first-order chi connectivity index (χ1) is 9.67. The number of hydrogen-bond donors (Lipinski definition) is 2. The number of thiophene rings is 1. The maximum absolute atomic E-state index is 12.0. The molecule has 0 radical (unpaired) electrons. The number of carbonyl (C=O) groups excluding carboxylic acids is 1. The zero-order valence-corrected chi connectivity index (χ0v) is 13.6. The molecule has 0 aliphatic rings. The summed E-state index contributed by atoms with van der Waals surface area (Å²) in [6, 6.07) is 3.84. The second-order valence-corrected chi connectivity index (χ2v) is 6.78. The maximum Gasteiger partial charge on any atom is 0.261 e. The van der Waals surface area contributed by atoms with E-state index in [2.05, 4.69) is 24.1 Å². The van der Waals surface area contributed by atoms with Gasteiger partial charge in [-0.3, -0.25) is 4.79 Å². The van der Waals surface area contributed by atoms with Crippen molar-refractivity contribution >= 4 is 29.0 Å². The zero-order valence-electron chi connectivity index (χ0n) is 11.9. The Kier molecular flexibility index (Phi) is 8.43. The highest BCUT2D eigenvalue weighted by Crippen LogP contribution is 2.15. The Morgan fingerprint density at radius 3 is 3.05 bits per heavy atom. The Morgan fingerprint density at radius 2 is 2.35 bits per heavy atom. The molecule has 0 spiro atoms. The van der Waals surface area contributed by atoms with Crippen molar-refractivity contribution in [1.82, 2.24) is 5.32 Å². The summed E-state index contributed by atoms with van der Waals surface area (Å²) in [5.41, 5.74) is 0. The SMILES string of the molecule is CCSCCC(C)NC(=O)c1ccc(C#CCCO)s1. The molecule has 0 fully saturated rings. The van der Waals surface area contributed by atoms with E-state index in [4.69, 9.17) is 5.11 Å². The van der Waals surface area contributed by atoms with E-state index in [0.29, 0.717) is 11.3 Å². The van der Waals surface area contributed by atoms with E-state index in [9.17, 15) is 4.79 Å². The molecule has 1 heterocycles. The minimum absolute atomic E-state index is 0.0285. The van der Waals surface area contributed by atoms with Crippen LogP contribution in [0.15, 0.2) is 12.1 Å². The van der Waals surface area contributed by atoms with Crippen molar-refractivity contribution in [1.29, 1.82) is 0 Å². The van der Waals surface area contributed by atoms with Gasteiger partial charge in [0.25, 0.3) is 5.91 Å². The average molecular weight is 311 g/mol. The number of nitrogens with one attached hydrogen (secondary N) is 1. The van der Waals surface area contributed by atoms with Gasteiger partial charge < -0.3 is 10.4 Å². The van der Waals surface area contributed by atoms with E-state index in [1.54, 1.807) is 6.07 Å². The summed E-state index contributed by atoms with van der Waals surface area (Å²) in [5, 5.41) is 11.7. The summed E-state index contributed by atoms with van der Waals surface area (Å²) < 4.78 is 0. The van der Waals surface area contributed by atoms with Gasteiger partial charge in [-0.1, -0.05) is 18.8 Å². The first-order valence-corrected chi connectivity index (χ1v) is 8.72. The molecule has 0 saturated heterocycles. The molecule has 0 saturated carbocycles. The number of aliphatic hydroxyl groups is 1. The molecule has 1 aromatic rings. The quantitative estimate of drug-likeness (QED) is 0.601. The van der Waals surface area contributed by atoms with Gasteiger partial charge in [0.05, 0.1) is 16.4 Å². The van der Waals surface area contributed by atoms with E-state index in [0.717, 1.165) is 22.8 Å². The molecule has 0 aromatic carbocycles. The van der Waals surface area contributed by atoms with Gasteiger partial charge >= 0.3 is 0 Å². The van der Waals surface area contributed by atoms with Crippen molar-refractivity contribution in [2.75, 3.05) is 18.1 Å². The zero-order chi connectivity index (χ0) is 14.8. The van der Waals surface area contributed by atoms with Gasteiger partial charge in [-0.05, 0) is 37.0 Å². The fourth-order valence-electron chi connectivity index (χ4n) is 1.50. The molecule has 0 aliphatic heterocycles. The number of hydrogen-bond acceptors (Lipinski definition) is 4. The lowest BCUT2D eigenvalue weighted by Crippen LogP contribution is -2.32. The molecule has 20 heavy (non-hydrogen) atoms. The summed E-state index contributed by atoms with van der Waals surface area (Å²) >= 11 is 3.28. The van der Waals surface area contributed by atoms with Crippen LogP contribution < -0.4 is 5.32 Å². The summed E-state index contributed by atoms with van der Waals surface area (Å²) in [7, 11) is 0. The van der Waals surface area contributed by atoms with Crippen LogP contribution in [-0.2, 0) is 0 Å². The molecule has 1 aromatic heterocycles. The van der Waals surface area contributed by atoms with Crippen molar-refractivity contribution in [2.45, 2.75) is 32.7 Å². The van der Waals surface area contributed by atoms with Crippen LogP contribution in [0.4, 0.5) is 0 Å². The Morgan fingerprint density at radius 1 is 1.55 bits per heavy atom. The van der Waals surface area contributed by atoms with Crippen molar-refractivity contribution in [3.63, 3.8) is 0 Å². The molecule has 2 N–H and O–H groups in total. The number of carbonyl (C=O) groups is 1. The van der Waals surface area contributed by atoms with E-state index in [1.165, 1.54) is 11.3 Å². The predicted molar refractivity (Wildman–Crippen MR) is 87.4 cm³/mol. The summed E-state index contributed by atoms with van der Waals surface area (Å²) in [5.74, 6) is 7.95. The fraction of sp³-hybridized carbons (Fsp3) is 0.533. The minimum atomic E-state index is -0.0285. The van der Waals surface area contributed by atoms with Crippen LogP contribution in [0, 0.1) is 11.8 Å². The van der Waals surface area contributed by atoms with Crippen LogP contribution in [-0.4, -0.2) is 35.2 Å². The Bertz CT molecular complexity index is 474. The lowest BCUT2D eigenvalue weighted by molar-refractivity contribution is 0.0943. The van der Waals surface area contributed by atoms with Crippen LogP contribution in [0.5, 0.6) is 0 Å². The van der Waals surface area contributed by atoms with Crippen molar-refractivity contribution in [3.8, 4) is 11.8 Å². The highest BCUT2D eigenvalue weighted by Gasteiger charge is 2.11. The molecule has 110 valence electrons. The van der Waals surface area contributed by atoms with E-state index in [-0.39, 0.29) is 18.6 Å². The van der Waals surface area contributed by atoms with Crippen molar-refractivity contribution in [3.05, 3.63) is 21.9 Å². The van der Waals surface area contributed by atoms with E-state index in [1.807, 2.05) is 24.8 Å². The van der Waals surface area contributed by atoms with Gasteiger partial charge in [-0.2, -0.15) is 11.8 Å². The van der Waals surface area contributed by atoms with E-state index < -0.39 is 0 Å². The molecule has 1 amide bonds. The van der Waals surface area contributed by atoms with Gasteiger partial charge in [0.2, 0.25) is 0 Å². The number of rotatable bonds is 7. The number of thioether (sulfide) groups is 1. The second-order valence-electron chi connectivity index (χ2n) is 4.30. The number of amides is 1. The first-order valence-electron chi connectivity index (χ1n) is 6.75. The fourth-order valence-corrected chi connectivity index (χ4v) is 3.10. The predicted octanol–water partition coefficient (Wildman–Crippen LogP) is 2.74. The highest BCUT2D eigenvalue weighted by atomic mass is 32.2. The van der Waals surface area contributed by atoms with Crippen molar-refractivity contribution < 1.29 is 9.90 Å². The van der Waals surface area contributed by atoms with Crippen LogP contribution in [0.25, 0.3) is 0 Å². The third kappa shape index (κ3) is 6.47. The lowest BCUT2D eigenvalue weighted by atomic mass is 10.2. The largest absolute Gasteiger partial charge is 0.395 e. The third-order valence-corrected chi connectivity index (χ3v) is 4.49. The average Bonchev–Trinajstić information content (AvgIpc) is 2.88. The van der Waals surface area contributed by atoms with Crippen LogP contribution >= 0.6 is 23.1 Å². The van der Waals surface area contributed by atoms with Crippen molar-refractivity contribution in [2.24, 2.45) is 0 Å². The van der Waals surface area contributed by atoms with E-state index >= 15 is 0 Å². The molecule has 1 rings (SSSR count). The Hall–Kier alpha value is -0.960. The van der Waals surface area contributed by atoms with Gasteiger partial charge in [0, 0.05) is 12.5 Å². The topological polar surface area (TPSA) is 49.3 Å². The Labute approximate surface area is 129 Å². The monoisotopic (exact) mass is 311 g/mol. The minimum Gasteiger partial charge on any atom is -0.395 e. The molecular weight excluding hydrogens is 290 g/mol. The van der Waals surface area contributed by atoms with Gasteiger partial charge in [0.1, 0.15) is 0 Å². The summed E-state index contributed by atoms with van der Waals surface area (Å²) in [6.45, 7) is 4.24. The molecule has 5 heteroatoms. The summed E-state index contributed by atoms with van der Waals surface area (Å²) in [4.78, 5) is 13.6.